The highest BCUT2D eigenvalue weighted by Crippen LogP contribution is 2.15. The van der Waals surface area contributed by atoms with Crippen LogP contribution in [0.5, 0.6) is 0 Å². The predicted molar refractivity (Wildman–Crippen MR) is 53.1 cm³/mol. The number of hydrogen-bond donors (Lipinski definition) is 0. The van der Waals surface area contributed by atoms with Gasteiger partial charge in [0.25, 0.3) is 0 Å². The zero-order valence-electron chi connectivity index (χ0n) is 8.27. The van der Waals surface area contributed by atoms with Crippen LogP contribution < -0.4 is 0 Å². The van der Waals surface area contributed by atoms with E-state index in [1.165, 1.54) is 32.1 Å². The Bertz CT molecular complexity index is 78.9. The minimum Gasteiger partial charge on any atom is -0.0802 e. The van der Waals surface area contributed by atoms with Crippen molar-refractivity contribution in [3.8, 4) is 0 Å². The van der Waals surface area contributed by atoms with Gasteiger partial charge in [-0.2, -0.15) is 0 Å². The van der Waals surface area contributed by atoms with E-state index in [4.69, 9.17) is 7.85 Å². The van der Waals surface area contributed by atoms with Crippen molar-refractivity contribution in [2.24, 2.45) is 5.92 Å². The van der Waals surface area contributed by atoms with Gasteiger partial charge in [-0.3, -0.25) is 0 Å². The van der Waals surface area contributed by atoms with Crippen molar-refractivity contribution >= 4 is 7.85 Å². The van der Waals surface area contributed by atoms with E-state index in [0.29, 0.717) is 5.82 Å². The second-order valence-corrected chi connectivity index (χ2v) is 3.78. The van der Waals surface area contributed by atoms with Gasteiger partial charge in [0.05, 0.1) is 7.85 Å². The number of hydrogen-bond acceptors (Lipinski definition) is 0. The lowest BCUT2D eigenvalue weighted by Crippen LogP contribution is -1.92. The standard InChI is InChI=1S/C10H21B/c1-4-9(2)7-5-6-8-10(3)11/h9-10H,4-8H2,1-3H3. The van der Waals surface area contributed by atoms with Crippen molar-refractivity contribution < 1.29 is 0 Å². The number of unbranched alkanes of at least 4 members (excludes halogenated alkanes) is 1. The normalized spacial score (nSPS) is 16.3. The fourth-order valence-corrected chi connectivity index (χ4v) is 1.16. The van der Waals surface area contributed by atoms with Crippen LogP contribution in [-0.2, 0) is 0 Å². The first-order valence-electron chi connectivity index (χ1n) is 4.92. The van der Waals surface area contributed by atoms with Gasteiger partial charge in [0, 0.05) is 0 Å². The smallest absolute Gasteiger partial charge is 0.0695 e. The average molecular weight is 152 g/mol. The van der Waals surface area contributed by atoms with Crippen molar-refractivity contribution in [1.82, 2.24) is 0 Å². The molecule has 0 amide bonds. The fourth-order valence-electron chi connectivity index (χ4n) is 1.16. The van der Waals surface area contributed by atoms with E-state index in [9.17, 15) is 0 Å². The van der Waals surface area contributed by atoms with E-state index in [1.807, 2.05) is 0 Å². The highest BCUT2D eigenvalue weighted by Gasteiger charge is 1.98. The van der Waals surface area contributed by atoms with Crippen LogP contribution in [0.2, 0.25) is 5.82 Å². The molecule has 0 saturated heterocycles. The third-order valence-corrected chi connectivity index (χ3v) is 2.30. The summed E-state index contributed by atoms with van der Waals surface area (Å²) in [7, 11) is 5.64. The monoisotopic (exact) mass is 152 g/mol. The Morgan fingerprint density at radius 3 is 2.09 bits per heavy atom. The van der Waals surface area contributed by atoms with Crippen molar-refractivity contribution in [2.75, 3.05) is 0 Å². The molecule has 0 aromatic carbocycles. The number of rotatable bonds is 6. The summed E-state index contributed by atoms with van der Waals surface area (Å²) in [6.45, 7) is 6.67. The summed E-state index contributed by atoms with van der Waals surface area (Å²) in [5.74, 6) is 1.30. The average Bonchev–Trinajstić information content (AvgIpc) is 1.97. The first-order chi connectivity index (χ1) is 5.16. The highest BCUT2D eigenvalue weighted by molar-refractivity contribution is 6.11. The van der Waals surface area contributed by atoms with Crippen molar-refractivity contribution in [3.63, 3.8) is 0 Å². The second kappa shape index (κ2) is 6.76. The lowest BCUT2D eigenvalue weighted by Gasteiger charge is -2.08. The molecule has 0 nitrogen and oxygen atoms in total. The molecule has 0 aliphatic heterocycles. The molecule has 1 heteroatoms. The summed E-state index contributed by atoms with van der Waals surface area (Å²) in [5.41, 5.74) is 0. The zero-order chi connectivity index (χ0) is 8.69. The summed E-state index contributed by atoms with van der Waals surface area (Å²) in [6.07, 6.45) is 6.55. The third-order valence-electron chi connectivity index (χ3n) is 2.30. The van der Waals surface area contributed by atoms with E-state index < -0.39 is 0 Å². The topological polar surface area (TPSA) is 0 Å². The summed E-state index contributed by atoms with van der Waals surface area (Å²) < 4.78 is 0. The van der Waals surface area contributed by atoms with Crippen LogP contribution >= 0.6 is 0 Å². The molecule has 2 atom stereocenters. The maximum atomic E-state index is 5.64. The molecular weight excluding hydrogens is 131 g/mol. The molecule has 0 aliphatic rings. The Morgan fingerprint density at radius 1 is 1.09 bits per heavy atom. The molecule has 0 heterocycles. The van der Waals surface area contributed by atoms with E-state index in [0.717, 1.165) is 5.92 Å². The van der Waals surface area contributed by atoms with Crippen LogP contribution in [0.3, 0.4) is 0 Å². The highest BCUT2D eigenvalue weighted by atomic mass is 14.0. The summed E-state index contributed by atoms with van der Waals surface area (Å²) in [5, 5.41) is 0. The van der Waals surface area contributed by atoms with Gasteiger partial charge in [0.1, 0.15) is 0 Å². The maximum Gasteiger partial charge on any atom is 0.0695 e. The van der Waals surface area contributed by atoms with Crippen molar-refractivity contribution in [2.45, 2.75) is 58.7 Å². The molecule has 0 spiro atoms. The largest absolute Gasteiger partial charge is 0.0802 e. The lowest BCUT2D eigenvalue weighted by molar-refractivity contribution is 0.477. The van der Waals surface area contributed by atoms with E-state index in [-0.39, 0.29) is 0 Å². The molecule has 11 heavy (non-hydrogen) atoms. The van der Waals surface area contributed by atoms with Gasteiger partial charge >= 0.3 is 0 Å². The molecule has 2 radical (unpaired) electrons. The maximum absolute atomic E-state index is 5.64. The van der Waals surface area contributed by atoms with E-state index in [1.54, 1.807) is 0 Å². The molecule has 0 fully saturated rings. The molecule has 0 aromatic rings. The van der Waals surface area contributed by atoms with Gasteiger partial charge in [0.2, 0.25) is 0 Å². The van der Waals surface area contributed by atoms with Gasteiger partial charge in [-0.25, -0.2) is 0 Å². The Kier molecular flexibility index (Phi) is 6.80. The van der Waals surface area contributed by atoms with Crippen LogP contribution in [0.25, 0.3) is 0 Å². The molecule has 2 unspecified atom stereocenters. The molecule has 0 rings (SSSR count). The van der Waals surface area contributed by atoms with Crippen LogP contribution in [0.1, 0.15) is 52.9 Å². The fraction of sp³-hybridized carbons (Fsp3) is 1.00. The molecule has 0 saturated carbocycles. The lowest BCUT2D eigenvalue weighted by atomic mass is 9.84. The van der Waals surface area contributed by atoms with Crippen LogP contribution in [0.4, 0.5) is 0 Å². The molecule has 0 N–H and O–H groups in total. The SMILES string of the molecule is [B]C(C)CCCCC(C)CC. The Hall–Kier alpha value is 0.0649. The molecule has 0 aromatic heterocycles. The third kappa shape index (κ3) is 7.97. The van der Waals surface area contributed by atoms with Gasteiger partial charge in [-0.15, -0.1) is 0 Å². The Morgan fingerprint density at radius 2 is 1.64 bits per heavy atom. The first-order valence-corrected chi connectivity index (χ1v) is 4.92. The van der Waals surface area contributed by atoms with Crippen LogP contribution in [0, 0.1) is 5.92 Å². The first kappa shape index (κ1) is 11.1. The zero-order valence-corrected chi connectivity index (χ0v) is 8.27. The molecule has 0 aliphatic carbocycles. The van der Waals surface area contributed by atoms with Crippen molar-refractivity contribution in [3.05, 3.63) is 0 Å². The summed E-state index contributed by atoms with van der Waals surface area (Å²) >= 11 is 0. The Labute approximate surface area is 73.2 Å². The summed E-state index contributed by atoms with van der Waals surface area (Å²) in [6, 6.07) is 0. The molecule has 64 valence electrons. The predicted octanol–water partition coefficient (Wildman–Crippen LogP) is 3.57. The minimum absolute atomic E-state index is 0.395. The quantitative estimate of drug-likeness (QED) is 0.403. The van der Waals surface area contributed by atoms with E-state index in [2.05, 4.69) is 20.8 Å². The summed E-state index contributed by atoms with van der Waals surface area (Å²) in [4.78, 5) is 0. The second-order valence-electron chi connectivity index (χ2n) is 3.78. The van der Waals surface area contributed by atoms with Crippen LogP contribution in [-0.4, -0.2) is 7.85 Å². The van der Waals surface area contributed by atoms with Gasteiger partial charge in [-0.05, 0) is 5.92 Å². The van der Waals surface area contributed by atoms with Crippen molar-refractivity contribution in [1.29, 1.82) is 0 Å². The van der Waals surface area contributed by atoms with Gasteiger partial charge in [0.15, 0.2) is 0 Å². The molecular formula is C10H21B. The van der Waals surface area contributed by atoms with Crippen LogP contribution in [0.15, 0.2) is 0 Å². The molecule has 0 bridgehead atoms. The van der Waals surface area contributed by atoms with Gasteiger partial charge in [-0.1, -0.05) is 58.7 Å². The van der Waals surface area contributed by atoms with E-state index >= 15 is 0 Å². The Balaban J connectivity index is 3.01. The van der Waals surface area contributed by atoms with Gasteiger partial charge < -0.3 is 0 Å². The minimum atomic E-state index is 0.395.